The summed E-state index contributed by atoms with van der Waals surface area (Å²) in [6, 6.07) is 9.48. The Morgan fingerprint density at radius 2 is 1.62 bits per heavy atom. The molecule has 2 rings (SSSR count). The van der Waals surface area contributed by atoms with Crippen molar-refractivity contribution in [2.45, 2.75) is 64.5 Å². The lowest BCUT2D eigenvalue weighted by molar-refractivity contribution is 0.0865. The van der Waals surface area contributed by atoms with Gasteiger partial charge in [0.05, 0.1) is 0 Å². The van der Waals surface area contributed by atoms with E-state index >= 15 is 0 Å². The summed E-state index contributed by atoms with van der Waals surface area (Å²) in [6.07, 6.45) is 6.60. The van der Waals surface area contributed by atoms with Crippen LogP contribution in [0.1, 0.15) is 50.7 Å². The summed E-state index contributed by atoms with van der Waals surface area (Å²) >= 11 is 0. The molecule has 118 valence electrons. The minimum absolute atomic E-state index is 0.198. The lowest BCUT2D eigenvalue weighted by Gasteiger charge is -2.44. The van der Waals surface area contributed by atoms with Gasteiger partial charge < -0.3 is 5.32 Å². The van der Waals surface area contributed by atoms with Crippen LogP contribution in [0.5, 0.6) is 0 Å². The van der Waals surface area contributed by atoms with Crippen LogP contribution in [-0.2, 0) is 6.42 Å². The molecular formula is C19H32N2. The fraction of sp³-hybridized carbons (Fsp3) is 0.684. The summed E-state index contributed by atoms with van der Waals surface area (Å²) in [5.41, 5.74) is 2.97. The molecule has 0 saturated carbocycles. The number of rotatable bonds is 5. The van der Waals surface area contributed by atoms with Crippen molar-refractivity contribution in [2.24, 2.45) is 0 Å². The number of hydrogen-bond acceptors (Lipinski definition) is 2. The second-order valence-corrected chi connectivity index (χ2v) is 7.09. The molecule has 1 aliphatic rings. The number of benzene rings is 1. The van der Waals surface area contributed by atoms with E-state index in [-0.39, 0.29) is 5.54 Å². The molecule has 21 heavy (non-hydrogen) atoms. The van der Waals surface area contributed by atoms with Crippen LogP contribution in [0.15, 0.2) is 24.3 Å². The molecule has 0 amide bonds. The van der Waals surface area contributed by atoms with E-state index in [1.807, 2.05) is 0 Å². The van der Waals surface area contributed by atoms with Gasteiger partial charge in [0.1, 0.15) is 0 Å². The molecule has 0 aliphatic carbocycles. The average Bonchev–Trinajstić information content (AvgIpc) is 2.76. The predicted molar refractivity (Wildman–Crippen MR) is 91.9 cm³/mol. The highest BCUT2D eigenvalue weighted by Gasteiger charge is 2.34. The maximum atomic E-state index is 3.58. The Morgan fingerprint density at radius 1 is 1.05 bits per heavy atom. The molecule has 0 bridgehead atoms. The van der Waals surface area contributed by atoms with Crippen molar-refractivity contribution in [3.05, 3.63) is 35.4 Å². The van der Waals surface area contributed by atoms with Crippen LogP contribution in [0.2, 0.25) is 0 Å². The number of likely N-dealkylation sites (N-methyl/N-ethyl adjacent to an activating group) is 1. The molecule has 1 saturated heterocycles. The van der Waals surface area contributed by atoms with Crippen LogP contribution < -0.4 is 5.32 Å². The normalized spacial score (nSPS) is 19.2. The molecule has 1 heterocycles. The van der Waals surface area contributed by atoms with Gasteiger partial charge in [-0.25, -0.2) is 0 Å². The number of nitrogens with zero attached hydrogens (tertiary/aromatic N) is 1. The van der Waals surface area contributed by atoms with Crippen LogP contribution in [-0.4, -0.2) is 36.6 Å². The zero-order valence-electron chi connectivity index (χ0n) is 14.3. The monoisotopic (exact) mass is 288 g/mol. The molecule has 2 heteroatoms. The molecule has 1 aromatic rings. The van der Waals surface area contributed by atoms with Crippen molar-refractivity contribution >= 4 is 0 Å². The summed E-state index contributed by atoms with van der Waals surface area (Å²) in [4.78, 5) is 2.70. The summed E-state index contributed by atoms with van der Waals surface area (Å²) in [6.45, 7) is 9.47. The van der Waals surface area contributed by atoms with Crippen LogP contribution >= 0.6 is 0 Å². The van der Waals surface area contributed by atoms with E-state index in [4.69, 9.17) is 0 Å². The number of likely N-dealkylation sites (tertiary alicyclic amines) is 1. The molecule has 1 aliphatic heterocycles. The first kappa shape index (κ1) is 16.5. The van der Waals surface area contributed by atoms with Crippen LogP contribution in [0.3, 0.4) is 0 Å². The predicted octanol–water partition coefficient (Wildman–Crippen LogP) is 3.78. The summed E-state index contributed by atoms with van der Waals surface area (Å²) < 4.78 is 0. The quantitative estimate of drug-likeness (QED) is 0.887. The van der Waals surface area contributed by atoms with Crippen molar-refractivity contribution in [1.29, 1.82) is 0 Å². The van der Waals surface area contributed by atoms with Crippen molar-refractivity contribution < 1.29 is 0 Å². The lowest BCUT2D eigenvalue weighted by atomic mass is 9.87. The Bertz CT molecular complexity index is 414. The SMILES string of the molecule is CNC(Cc1ccc(C)cc1)C(C)(C)N1CCCCCC1. The van der Waals surface area contributed by atoms with Crippen molar-refractivity contribution in [3.8, 4) is 0 Å². The minimum Gasteiger partial charge on any atom is -0.315 e. The third-order valence-corrected chi connectivity index (χ3v) is 5.18. The number of nitrogens with one attached hydrogen (secondary N) is 1. The van der Waals surface area contributed by atoms with E-state index in [0.717, 1.165) is 6.42 Å². The average molecular weight is 288 g/mol. The third-order valence-electron chi connectivity index (χ3n) is 5.18. The van der Waals surface area contributed by atoms with E-state index in [1.54, 1.807) is 0 Å². The third kappa shape index (κ3) is 4.31. The molecule has 0 radical (unpaired) electrons. The molecule has 1 fully saturated rings. The Hall–Kier alpha value is -0.860. The Morgan fingerprint density at radius 3 is 2.14 bits per heavy atom. The Kier molecular flexibility index (Phi) is 5.83. The summed E-state index contributed by atoms with van der Waals surface area (Å²) in [7, 11) is 2.11. The van der Waals surface area contributed by atoms with E-state index in [9.17, 15) is 0 Å². The molecule has 1 unspecified atom stereocenters. The first-order chi connectivity index (χ1) is 10.0. The Balaban J connectivity index is 2.08. The van der Waals surface area contributed by atoms with Gasteiger partial charge in [-0.15, -0.1) is 0 Å². The maximum Gasteiger partial charge on any atom is 0.0309 e. The molecular weight excluding hydrogens is 256 g/mol. The molecule has 1 aromatic carbocycles. The van der Waals surface area contributed by atoms with Gasteiger partial charge in [0.25, 0.3) is 0 Å². The van der Waals surface area contributed by atoms with Gasteiger partial charge >= 0.3 is 0 Å². The minimum atomic E-state index is 0.198. The fourth-order valence-corrected chi connectivity index (χ4v) is 3.53. The highest BCUT2D eigenvalue weighted by molar-refractivity contribution is 5.22. The highest BCUT2D eigenvalue weighted by Crippen LogP contribution is 2.25. The summed E-state index contributed by atoms with van der Waals surface area (Å²) in [5.74, 6) is 0. The maximum absolute atomic E-state index is 3.58. The van der Waals surface area contributed by atoms with E-state index in [0.29, 0.717) is 6.04 Å². The summed E-state index contributed by atoms with van der Waals surface area (Å²) in [5, 5.41) is 3.58. The van der Waals surface area contributed by atoms with E-state index in [1.165, 1.54) is 49.9 Å². The van der Waals surface area contributed by atoms with Crippen LogP contribution in [0.25, 0.3) is 0 Å². The molecule has 0 spiro atoms. The zero-order valence-corrected chi connectivity index (χ0v) is 14.3. The second kappa shape index (κ2) is 7.42. The smallest absolute Gasteiger partial charge is 0.0309 e. The first-order valence-corrected chi connectivity index (χ1v) is 8.52. The van der Waals surface area contributed by atoms with Gasteiger partial charge in [0.2, 0.25) is 0 Å². The first-order valence-electron chi connectivity index (χ1n) is 8.52. The van der Waals surface area contributed by atoms with E-state index < -0.39 is 0 Å². The molecule has 0 aromatic heterocycles. The van der Waals surface area contributed by atoms with Gasteiger partial charge in [0.15, 0.2) is 0 Å². The van der Waals surface area contributed by atoms with Gasteiger partial charge in [0, 0.05) is 11.6 Å². The Labute approximate surface area is 130 Å². The fourth-order valence-electron chi connectivity index (χ4n) is 3.53. The number of aryl methyl sites for hydroxylation is 1. The lowest BCUT2D eigenvalue weighted by Crippen LogP contribution is -2.58. The van der Waals surface area contributed by atoms with Crippen LogP contribution in [0, 0.1) is 6.92 Å². The molecule has 1 atom stereocenters. The second-order valence-electron chi connectivity index (χ2n) is 7.09. The van der Waals surface area contributed by atoms with Gasteiger partial charge in [-0.05, 0) is 65.7 Å². The van der Waals surface area contributed by atoms with Crippen molar-refractivity contribution in [3.63, 3.8) is 0 Å². The largest absolute Gasteiger partial charge is 0.315 e. The topological polar surface area (TPSA) is 15.3 Å². The van der Waals surface area contributed by atoms with E-state index in [2.05, 4.69) is 62.3 Å². The van der Waals surface area contributed by atoms with Gasteiger partial charge in [-0.2, -0.15) is 0 Å². The molecule has 2 nitrogen and oxygen atoms in total. The van der Waals surface area contributed by atoms with Gasteiger partial charge in [-0.3, -0.25) is 4.90 Å². The standard InChI is InChI=1S/C19H32N2/c1-16-9-11-17(12-10-16)15-18(20-4)19(2,3)21-13-7-5-6-8-14-21/h9-12,18,20H,5-8,13-15H2,1-4H3. The van der Waals surface area contributed by atoms with Crippen molar-refractivity contribution in [1.82, 2.24) is 10.2 Å². The highest BCUT2D eigenvalue weighted by atomic mass is 15.2. The van der Waals surface area contributed by atoms with Gasteiger partial charge in [-0.1, -0.05) is 42.7 Å². The van der Waals surface area contributed by atoms with Crippen molar-refractivity contribution in [2.75, 3.05) is 20.1 Å². The van der Waals surface area contributed by atoms with Crippen LogP contribution in [0.4, 0.5) is 0 Å². The zero-order chi connectivity index (χ0) is 15.3. The molecule has 1 N–H and O–H groups in total. The number of hydrogen-bond donors (Lipinski definition) is 1.